The summed E-state index contributed by atoms with van der Waals surface area (Å²) >= 11 is 0. The fourth-order valence-electron chi connectivity index (χ4n) is 4.59. The second kappa shape index (κ2) is 12.6. The molecule has 1 amide bonds. The van der Waals surface area contributed by atoms with E-state index >= 15 is 0 Å². The Labute approximate surface area is 208 Å². The van der Waals surface area contributed by atoms with Crippen LogP contribution in [-0.2, 0) is 11.3 Å². The number of carbonyl (C=O) groups is 1. The van der Waals surface area contributed by atoms with Crippen molar-refractivity contribution in [3.63, 3.8) is 0 Å². The Morgan fingerprint density at radius 2 is 1.97 bits per heavy atom. The van der Waals surface area contributed by atoms with E-state index in [1.165, 1.54) is 11.3 Å². The normalized spacial score (nSPS) is 16.5. The van der Waals surface area contributed by atoms with E-state index in [1.54, 1.807) is 0 Å². The molecule has 1 fully saturated rings. The third-order valence-corrected chi connectivity index (χ3v) is 6.55. The number of nitrogens with one attached hydrogen (secondary N) is 2. The van der Waals surface area contributed by atoms with Gasteiger partial charge in [-0.05, 0) is 56.7 Å². The van der Waals surface area contributed by atoms with Gasteiger partial charge in [-0.25, -0.2) is 0 Å². The average molecular weight is 476 g/mol. The van der Waals surface area contributed by atoms with Crippen LogP contribution >= 0.6 is 0 Å². The topological polar surface area (TPSA) is 73.5 Å². The molecule has 0 spiro atoms. The number of carbonyl (C=O) groups excluding carboxylic acids is 1. The third kappa shape index (κ3) is 7.24. The lowest BCUT2D eigenvalue weighted by molar-refractivity contribution is 0.0827. The molecule has 0 bridgehead atoms. The molecule has 1 aliphatic rings. The van der Waals surface area contributed by atoms with Crippen molar-refractivity contribution in [3.05, 3.63) is 77.6 Å². The number of amides is 1. The number of likely N-dealkylation sites (N-methyl/N-ethyl adjacent to an activating group) is 1. The van der Waals surface area contributed by atoms with Gasteiger partial charge < -0.3 is 19.9 Å². The third-order valence-electron chi connectivity index (χ3n) is 6.55. The van der Waals surface area contributed by atoms with Gasteiger partial charge in [0.15, 0.2) is 0 Å². The van der Waals surface area contributed by atoms with Gasteiger partial charge in [0, 0.05) is 48.9 Å². The molecule has 2 heterocycles. The number of aromatic amines is 1. The van der Waals surface area contributed by atoms with Crippen molar-refractivity contribution in [2.45, 2.75) is 25.4 Å². The van der Waals surface area contributed by atoms with Crippen molar-refractivity contribution in [3.8, 4) is 11.1 Å². The van der Waals surface area contributed by atoms with Crippen LogP contribution in [0.4, 0.5) is 0 Å². The standard InChI is InChI=1S/C28H37N5O2/c1-32(2)16-14-29-28(34)24-12-10-23(11-13-24)26-19-30-31-27(26)25-9-6-15-33(20-25)17-18-35-21-22-7-4-3-5-8-22/h3-5,7-8,10-13,19,25H,6,9,14-18,20-21H2,1-2H3,(H,29,34)(H,30,31)/t25-/m1/s1. The van der Waals surface area contributed by atoms with Crippen LogP contribution < -0.4 is 5.32 Å². The van der Waals surface area contributed by atoms with E-state index in [2.05, 4.69) is 32.5 Å². The molecule has 3 aromatic rings. The highest BCUT2D eigenvalue weighted by Gasteiger charge is 2.25. The summed E-state index contributed by atoms with van der Waals surface area (Å²) in [7, 11) is 3.99. The Morgan fingerprint density at radius 3 is 2.74 bits per heavy atom. The molecule has 186 valence electrons. The second-order valence-corrected chi connectivity index (χ2v) is 9.51. The van der Waals surface area contributed by atoms with E-state index in [1.807, 2.05) is 67.7 Å². The first-order valence-corrected chi connectivity index (χ1v) is 12.5. The van der Waals surface area contributed by atoms with Crippen LogP contribution in [0.5, 0.6) is 0 Å². The van der Waals surface area contributed by atoms with Crippen LogP contribution in [0, 0.1) is 0 Å². The number of rotatable bonds is 11. The number of piperidine rings is 1. The molecule has 1 aliphatic heterocycles. The number of nitrogens with zero attached hydrogens (tertiary/aromatic N) is 3. The predicted molar refractivity (Wildman–Crippen MR) is 139 cm³/mol. The minimum atomic E-state index is -0.0387. The number of hydrogen-bond donors (Lipinski definition) is 2. The Balaban J connectivity index is 1.31. The van der Waals surface area contributed by atoms with E-state index in [0.29, 0.717) is 24.6 Å². The maximum absolute atomic E-state index is 12.4. The maximum atomic E-state index is 12.4. The maximum Gasteiger partial charge on any atom is 0.251 e. The van der Waals surface area contributed by atoms with Crippen molar-refractivity contribution in [2.75, 3.05) is 53.4 Å². The van der Waals surface area contributed by atoms with Gasteiger partial charge in [0.05, 0.1) is 19.4 Å². The first kappa shape index (κ1) is 25.1. The fraction of sp³-hybridized carbons (Fsp3) is 0.429. The molecule has 0 unspecified atom stereocenters. The van der Waals surface area contributed by atoms with Crippen molar-refractivity contribution >= 4 is 5.91 Å². The molecule has 2 aromatic carbocycles. The minimum absolute atomic E-state index is 0.0387. The zero-order valence-corrected chi connectivity index (χ0v) is 20.9. The van der Waals surface area contributed by atoms with Crippen LogP contribution in [0.2, 0.25) is 0 Å². The number of aromatic nitrogens is 2. The van der Waals surface area contributed by atoms with Crippen LogP contribution in [0.15, 0.2) is 60.8 Å². The van der Waals surface area contributed by atoms with Crippen molar-refractivity contribution in [2.24, 2.45) is 0 Å². The van der Waals surface area contributed by atoms with Gasteiger partial charge in [0.25, 0.3) is 5.91 Å². The van der Waals surface area contributed by atoms with Gasteiger partial charge in [-0.15, -0.1) is 0 Å². The molecule has 1 atom stereocenters. The largest absolute Gasteiger partial charge is 0.375 e. The first-order valence-electron chi connectivity index (χ1n) is 12.5. The molecule has 0 aliphatic carbocycles. The highest BCUT2D eigenvalue weighted by Crippen LogP contribution is 2.33. The highest BCUT2D eigenvalue weighted by atomic mass is 16.5. The van der Waals surface area contributed by atoms with E-state index in [0.717, 1.165) is 56.8 Å². The number of likely N-dealkylation sites (tertiary alicyclic amines) is 1. The van der Waals surface area contributed by atoms with Crippen molar-refractivity contribution in [1.82, 2.24) is 25.3 Å². The summed E-state index contributed by atoms with van der Waals surface area (Å²) < 4.78 is 5.91. The monoisotopic (exact) mass is 475 g/mol. The zero-order valence-electron chi connectivity index (χ0n) is 20.9. The summed E-state index contributed by atoms with van der Waals surface area (Å²) in [5.41, 5.74) is 5.28. The van der Waals surface area contributed by atoms with Crippen LogP contribution in [-0.4, -0.2) is 79.3 Å². The van der Waals surface area contributed by atoms with Crippen LogP contribution in [0.3, 0.4) is 0 Å². The second-order valence-electron chi connectivity index (χ2n) is 9.51. The predicted octanol–water partition coefficient (Wildman–Crippen LogP) is 3.76. The van der Waals surface area contributed by atoms with Gasteiger partial charge in [0.2, 0.25) is 0 Å². The molecular formula is C28H37N5O2. The summed E-state index contributed by atoms with van der Waals surface area (Å²) in [6, 6.07) is 18.2. The number of ether oxygens (including phenoxy) is 1. The summed E-state index contributed by atoms with van der Waals surface area (Å²) in [5, 5.41) is 10.6. The first-order chi connectivity index (χ1) is 17.1. The molecule has 35 heavy (non-hydrogen) atoms. The molecule has 4 rings (SSSR count). The molecule has 1 aromatic heterocycles. The van der Waals surface area contributed by atoms with E-state index in [9.17, 15) is 4.79 Å². The van der Waals surface area contributed by atoms with Gasteiger partial charge >= 0.3 is 0 Å². The SMILES string of the molecule is CN(C)CCNC(=O)c1ccc(-c2cn[nH]c2[C@@H]2CCCN(CCOCc3ccccc3)C2)cc1. The van der Waals surface area contributed by atoms with Crippen molar-refractivity contribution < 1.29 is 9.53 Å². The molecule has 0 radical (unpaired) electrons. The average Bonchev–Trinajstić information content (AvgIpc) is 3.37. The quantitative estimate of drug-likeness (QED) is 0.413. The Hall–Kier alpha value is -3.00. The Morgan fingerprint density at radius 1 is 1.17 bits per heavy atom. The van der Waals surface area contributed by atoms with Gasteiger partial charge in [0.1, 0.15) is 0 Å². The molecule has 2 N–H and O–H groups in total. The number of hydrogen-bond acceptors (Lipinski definition) is 5. The van der Waals surface area contributed by atoms with Gasteiger partial charge in [-0.1, -0.05) is 42.5 Å². The van der Waals surface area contributed by atoms with E-state index in [-0.39, 0.29) is 5.91 Å². The Kier molecular flexibility index (Phi) is 9.06. The lowest BCUT2D eigenvalue weighted by atomic mass is 9.90. The molecule has 7 nitrogen and oxygen atoms in total. The van der Waals surface area contributed by atoms with E-state index < -0.39 is 0 Å². The van der Waals surface area contributed by atoms with Crippen LogP contribution in [0.1, 0.15) is 40.4 Å². The lowest BCUT2D eigenvalue weighted by Gasteiger charge is -2.32. The fourth-order valence-corrected chi connectivity index (χ4v) is 4.59. The lowest BCUT2D eigenvalue weighted by Crippen LogP contribution is -2.36. The summed E-state index contributed by atoms with van der Waals surface area (Å²) in [4.78, 5) is 16.9. The smallest absolute Gasteiger partial charge is 0.251 e. The molecular weight excluding hydrogens is 438 g/mol. The summed E-state index contributed by atoms with van der Waals surface area (Å²) in [6.45, 7) is 5.88. The summed E-state index contributed by atoms with van der Waals surface area (Å²) in [5.74, 6) is 0.368. The van der Waals surface area contributed by atoms with E-state index in [4.69, 9.17) is 4.74 Å². The molecule has 7 heteroatoms. The highest BCUT2D eigenvalue weighted by molar-refractivity contribution is 5.94. The molecule has 0 saturated carbocycles. The summed E-state index contributed by atoms with van der Waals surface area (Å²) in [6.07, 6.45) is 4.21. The number of H-pyrrole nitrogens is 1. The van der Waals surface area contributed by atoms with Crippen LogP contribution in [0.25, 0.3) is 11.1 Å². The van der Waals surface area contributed by atoms with Gasteiger partial charge in [-0.2, -0.15) is 5.10 Å². The molecule has 1 saturated heterocycles. The Bertz CT molecular complexity index is 1050. The minimum Gasteiger partial charge on any atom is -0.375 e. The van der Waals surface area contributed by atoms with Gasteiger partial charge in [-0.3, -0.25) is 9.89 Å². The number of benzene rings is 2. The van der Waals surface area contributed by atoms with Crippen molar-refractivity contribution in [1.29, 1.82) is 0 Å². The zero-order chi connectivity index (χ0) is 24.5.